The average molecular weight is 782 g/mol. The summed E-state index contributed by atoms with van der Waals surface area (Å²) in [6.07, 6.45) is -2.67. The molecule has 0 spiro atoms. The maximum Gasteiger partial charge on any atom is 0.228 e. The first kappa shape index (κ1) is 40.5. The van der Waals surface area contributed by atoms with E-state index in [4.69, 9.17) is 18.9 Å². The zero-order valence-corrected chi connectivity index (χ0v) is 32.8. The molecule has 4 aliphatic rings. The molecule has 3 aromatic rings. The zero-order chi connectivity index (χ0) is 40.8. The van der Waals surface area contributed by atoms with E-state index in [1.54, 1.807) is 25.1 Å². The Morgan fingerprint density at radius 2 is 1.96 bits per heavy atom. The molecule has 2 fully saturated rings. The Balaban J connectivity index is 1.29. The summed E-state index contributed by atoms with van der Waals surface area (Å²) in [4.78, 5) is 35.4. The van der Waals surface area contributed by atoms with Crippen LogP contribution in [0.5, 0.6) is 5.75 Å². The molecule has 7 rings (SSSR count). The smallest absolute Gasteiger partial charge is 0.228 e. The van der Waals surface area contributed by atoms with Crippen molar-refractivity contribution in [3.05, 3.63) is 71.1 Å². The lowest BCUT2D eigenvalue weighted by Gasteiger charge is -2.48. The van der Waals surface area contributed by atoms with E-state index in [9.17, 15) is 24.9 Å². The van der Waals surface area contributed by atoms with Crippen LogP contribution in [-0.4, -0.2) is 104 Å². The van der Waals surface area contributed by atoms with Crippen LogP contribution in [0.2, 0.25) is 0 Å². The minimum absolute atomic E-state index is 0.00557. The molecule has 2 bridgehead atoms. The van der Waals surface area contributed by atoms with Crippen LogP contribution < -0.4 is 5.32 Å². The number of carbonyl (C=O) groups excluding carboxylic acids is 2. The Hall–Kier alpha value is -4.70. The van der Waals surface area contributed by atoms with E-state index in [-0.39, 0.29) is 59.3 Å². The predicted molar refractivity (Wildman–Crippen MR) is 209 cm³/mol. The Morgan fingerprint density at radius 3 is 2.70 bits per heavy atom. The van der Waals surface area contributed by atoms with Gasteiger partial charge in [-0.3, -0.25) is 14.6 Å². The minimum Gasteiger partial charge on any atom is -0.508 e. The monoisotopic (exact) mass is 781 g/mol. The number of benzene rings is 1. The molecule has 1 aromatic carbocycles. The van der Waals surface area contributed by atoms with Gasteiger partial charge < -0.3 is 44.6 Å². The number of Topliss-reactive ketones (excluding diaryl/α,β-unsaturated/α-hetero) is 2. The van der Waals surface area contributed by atoms with Crippen molar-refractivity contribution in [2.24, 2.45) is 5.92 Å². The highest BCUT2D eigenvalue weighted by Gasteiger charge is 2.62. The average Bonchev–Trinajstić information content (AvgIpc) is 3.54. The van der Waals surface area contributed by atoms with Crippen molar-refractivity contribution in [1.82, 2.24) is 15.3 Å². The zero-order valence-electron chi connectivity index (χ0n) is 32.8. The lowest BCUT2D eigenvalue weighted by atomic mass is 9.73. The van der Waals surface area contributed by atoms with E-state index in [1.165, 1.54) is 37.4 Å². The van der Waals surface area contributed by atoms with Crippen molar-refractivity contribution in [2.45, 2.75) is 121 Å². The van der Waals surface area contributed by atoms with Crippen LogP contribution in [0, 0.1) is 29.6 Å². The Bertz CT molecular complexity index is 2310. The Labute approximate surface area is 330 Å². The number of fused-ring (bicyclic) bond motifs is 5. The van der Waals surface area contributed by atoms with Gasteiger partial charge in [-0.05, 0) is 73.7 Å². The number of halogens is 1. The summed E-state index contributed by atoms with van der Waals surface area (Å²) in [5, 5.41) is 38.8. The number of nitrogens with one attached hydrogen (secondary N) is 2. The molecule has 8 unspecified atom stereocenters. The van der Waals surface area contributed by atoms with Gasteiger partial charge >= 0.3 is 0 Å². The fraction of sp³-hybridized carbons (Fsp3) is 0.477. The number of pyridine rings is 1. The fourth-order valence-electron chi connectivity index (χ4n) is 8.20. The first-order chi connectivity index (χ1) is 27.2. The van der Waals surface area contributed by atoms with E-state index in [2.05, 4.69) is 39.0 Å². The summed E-state index contributed by atoms with van der Waals surface area (Å²) in [7, 11) is 0. The van der Waals surface area contributed by atoms with Crippen molar-refractivity contribution in [3.63, 3.8) is 0 Å². The van der Waals surface area contributed by atoms with Crippen molar-refractivity contribution in [2.75, 3.05) is 6.61 Å². The van der Waals surface area contributed by atoms with E-state index < -0.39 is 54.0 Å². The second-order valence-corrected chi connectivity index (χ2v) is 15.6. The predicted octanol–water partition coefficient (Wildman–Crippen LogP) is 4.87. The topological polar surface area (TPSA) is 172 Å². The molecule has 0 radical (unpaired) electrons. The second kappa shape index (κ2) is 15.9. The number of allylic oxidation sites excluding steroid dienone is 4. The Kier molecular flexibility index (Phi) is 11.3. The van der Waals surface area contributed by atoms with Gasteiger partial charge in [0.25, 0.3) is 0 Å². The number of alkyl halides is 1. The number of hydrogen-bond acceptors (Lipinski definition) is 11. The summed E-state index contributed by atoms with van der Waals surface area (Å²) in [5.41, 5.74) is -3.55. The van der Waals surface area contributed by atoms with Crippen molar-refractivity contribution < 1.29 is 48.2 Å². The van der Waals surface area contributed by atoms with Crippen LogP contribution >= 0.6 is 0 Å². The molecule has 2 aromatic heterocycles. The van der Waals surface area contributed by atoms with Gasteiger partial charge in [0, 0.05) is 46.6 Å². The molecule has 10 atom stereocenters. The molecule has 2 aliphatic carbocycles. The van der Waals surface area contributed by atoms with Crippen LogP contribution in [0.1, 0.15) is 71.3 Å². The molecule has 300 valence electrons. The molecule has 2 aliphatic heterocycles. The summed E-state index contributed by atoms with van der Waals surface area (Å²) in [5.74, 6) is 10.0. The molecular weight excluding hydrogens is 733 g/mol. The molecular formula is C44H48FN3O9. The lowest BCUT2D eigenvalue weighted by Crippen LogP contribution is -2.68. The van der Waals surface area contributed by atoms with Gasteiger partial charge in [-0.25, -0.2) is 4.39 Å². The first-order valence-electron chi connectivity index (χ1n) is 19.4. The number of aliphatic hydroxyl groups is 2. The summed E-state index contributed by atoms with van der Waals surface area (Å²) < 4.78 is 43.3. The van der Waals surface area contributed by atoms with Crippen LogP contribution in [0.4, 0.5) is 4.39 Å². The summed E-state index contributed by atoms with van der Waals surface area (Å²) in [6, 6.07) is 6.48. The third-order valence-electron chi connectivity index (χ3n) is 11.2. The molecule has 57 heavy (non-hydrogen) atoms. The number of phenols is 1. The highest BCUT2D eigenvalue weighted by atomic mass is 19.1. The van der Waals surface area contributed by atoms with Gasteiger partial charge in [0.05, 0.1) is 18.5 Å². The van der Waals surface area contributed by atoms with Crippen molar-refractivity contribution in [3.8, 4) is 29.4 Å². The van der Waals surface area contributed by atoms with E-state index in [1.807, 2.05) is 27.7 Å². The number of aliphatic hydroxyl groups excluding tert-OH is 1. The van der Waals surface area contributed by atoms with Crippen LogP contribution in [0.25, 0.3) is 21.8 Å². The molecule has 5 N–H and O–H groups in total. The molecule has 4 heterocycles. The molecule has 2 saturated heterocycles. The normalized spacial score (nSPS) is 34.2. The van der Waals surface area contributed by atoms with E-state index in [0.717, 1.165) is 0 Å². The number of hydrogen-bond donors (Lipinski definition) is 5. The number of phenolic OH excluding ortho intramolecular Hbond substituents is 1. The molecule has 0 amide bonds. The lowest BCUT2D eigenvalue weighted by molar-refractivity contribution is -0.339. The van der Waals surface area contributed by atoms with Crippen LogP contribution in [-0.2, 0) is 23.7 Å². The molecule has 12 nitrogen and oxygen atoms in total. The number of aromatic hydroxyl groups is 1. The van der Waals surface area contributed by atoms with Gasteiger partial charge in [-0.2, -0.15) is 0 Å². The Morgan fingerprint density at radius 1 is 1.19 bits per heavy atom. The van der Waals surface area contributed by atoms with Gasteiger partial charge in [0.15, 0.2) is 24.0 Å². The third kappa shape index (κ3) is 7.46. The van der Waals surface area contributed by atoms with Gasteiger partial charge in [0.2, 0.25) is 11.5 Å². The van der Waals surface area contributed by atoms with Crippen LogP contribution in [0.15, 0.2) is 65.4 Å². The number of ketones is 2. The standard InChI is InChI=1S/C44H48FN3O9/c1-7-12-30-36-25(5)33(50)21-43(30,53)17-11-9-8-10-13-34(36)56-42-39(57-35-19-24(4)32(22-54-35)47-23(2)3)41(52)44(45,26(6)55-42)40(51)38-37-28(16-18-46-38)29-20-27(49)14-15-31(29)48-37/h8-9,12,14-16,18,20,23-24,26,32,34-35,39,41-42,47-49,52-53H,7,19,21-22H2,1-6H3/b9-8-,30-12+/t24?,26?,32?,34-,35?,39?,41?,42?,43-,44?/m0/s1. The SMILES string of the molecule is CC/C=C1\C2=C(C)C(=O)C[C@@]1(O)C#C/C=C\C#C[C@@H]2OC1OC(C)C(F)(C(=O)c2nccc3c2[nH]c2ccc(O)cc23)C(O)C1OC1CC(C)C(NC(C)C)CO1. The fourth-order valence-corrected chi connectivity index (χ4v) is 8.20. The molecule has 0 saturated carbocycles. The third-order valence-corrected chi connectivity index (χ3v) is 11.2. The maximum absolute atomic E-state index is 17.9. The van der Waals surface area contributed by atoms with Gasteiger partial charge in [-0.1, -0.05) is 57.5 Å². The number of nitrogens with zero attached hydrogens (tertiary/aromatic N) is 1. The first-order valence-corrected chi connectivity index (χ1v) is 19.4. The van der Waals surface area contributed by atoms with Crippen molar-refractivity contribution in [1.29, 1.82) is 0 Å². The summed E-state index contributed by atoms with van der Waals surface area (Å²) >= 11 is 0. The number of H-pyrrole nitrogens is 1. The quantitative estimate of drug-likeness (QED) is 0.148. The number of carbonyl (C=O) groups is 2. The highest BCUT2D eigenvalue weighted by molar-refractivity contribution is 6.16. The highest BCUT2D eigenvalue weighted by Crippen LogP contribution is 2.43. The van der Waals surface area contributed by atoms with E-state index in [0.29, 0.717) is 40.3 Å². The largest absolute Gasteiger partial charge is 0.508 e. The van der Waals surface area contributed by atoms with Crippen molar-refractivity contribution >= 4 is 33.4 Å². The summed E-state index contributed by atoms with van der Waals surface area (Å²) in [6.45, 7) is 11.2. The van der Waals surface area contributed by atoms with Crippen LogP contribution in [0.3, 0.4) is 0 Å². The minimum atomic E-state index is -3.13. The number of rotatable bonds is 9. The van der Waals surface area contributed by atoms with Gasteiger partial charge in [0.1, 0.15) is 35.9 Å². The number of ether oxygens (including phenoxy) is 4. The van der Waals surface area contributed by atoms with Gasteiger partial charge in [-0.15, -0.1) is 0 Å². The van der Waals surface area contributed by atoms with E-state index >= 15 is 4.39 Å². The maximum atomic E-state index is 17.9. The second-order valence-electron chi connectivity index (χ2n) is 15.6. The number of aromatic nitrogens is 2. The molecule has 13 heteroatoms. The number of aromatic amines is 1.